The number of halogens is 1. The zero-order valence-electron chi connectivity index (χ0n) is 9.36. The number of unbranched alkanes of at least 4 members (excludes halogenated alkanes) is 3. The van der Waals surface area contributed by atoms with E-state index in [1.54, 1.807) is 0 Å². The van der Waals surface area contributed by atoms with Crippen LogP contribution in [0.3, 0.4) is 0 Å². The van der Waals surface area contributed by atoms with Crippen molar-refractivity contribution in [1.29, 1.82) is 0 Å². The average molecular weight is 299 g/mol. The van der Waals surface area contributed by atoms with Crippen molar-refractivity contribution >= 4 is 8.24 Å². The fourth-order valence-electron chi connectivity index (χ4n) is 0.953. The molecule has 78 valence electrons. The Balaban J connectivity index is -0.000000500. The Morgan fingerprint density at radius 1 is 1.00 bits per heavy atom. The summed E-state index contributed by atoms with van der Waals surface area (Å²) in [6, 6.07) is 0. The molecule has 0 aromatic heterocycles. The van der Waals surface area contributed by atoms with E-state index in [1.807, 2.05) is 0 Å². The maximum atomic E-state index is 4.67. The van der Waals surface area contributed by atoms with Gasteiger partial charge in [0.15, 0.2) is 0 Å². The average Bonchev–Trinajstić information content (AvgIpc) is 1.85. The van der Waals surface area contributed by atoms with Crippen molar-refractivity contribution < 1.29 is 38.6 Å². The smallest absolute Gasteiger partial charge is 1.00 e. The molecule has 0 fully saturated rings. The number of hydrogen-bond acceptors (Lipinski definition) is 0. The first-order chi connectivity index (χ1) is 5.06. The minimum Gasteiger partial charge on any atom is -1.00 e. The van der Waals surface area contributed by atoms with Gasteiger partial charge in [0, 0.05) is 0 Å². The molecule has 0 saturated carbocycles. The molecule has 0 aliphatic heterocycles. The zero-order valence-corrected chi connectivity index (χ0v) is 13.6. The molecule has 1 nitrogen and oxygen atoms in total. The molecule has 0 N–H and O–H groups in total. The Morgan fingerprint density at radius 3 is 1.92 bits per heavy atom. The van der Waals surface area contributed by atoms with Crippen LogP contribution in [0.5, 0.6) is 0 Å². The summed E-state index contributed by atoms with van der Waals surface area (Å²) in [4.78, 5) is 4.67. The molecular formula is C9H22ClNSiZr. The van der Waals surface area contributed by atoms with Crippen molar-refractivity contribution in [3.05, 3.63) is 4.98 Å². The van der Waals surface area contributed by atoms with Gasteiger partial charge in [-0.2, -0.15) is 6.54 Å². The Kier molecular flexibility index (Phi) is 17.4. The van der Waals surface area contributed by atoms with Crippen LogP contribution in [-0.4, -0.2) is 14.8 Å². The van der Waals surface area contributed by atoms with Gasteiger partial charge in [-0.25, -0.2) is 0 Å². The van der Waals surface area contributed by atoms with E-state index in [9.17, 15) is 0 Å². The molecule has 0 rings (SSSR count). The van der Waals surface area contributed by atoms with E-state index >= 15 is 0 Å². The van der Waals surface area contributed by atoms with Crippen LogP contribution in [0.1, 0.15) is 32.6 Å². The number of nitrogens with zero attached hydrogens (tertiary/aromatic N) is 1. The summed E-state index contributed by atoms with van der Waals surface area (Å²) >= 11 is 0. The summed E-state index contributed by atoms with van der Waals surface area (Å²) in [7, 11) is -1.09. The van der Waals surface area contributed by atoms with Crippen molar-refractivity contribution in [2.45, 2.75) is 52.2 Å². The molecule has 4 heteroatoms. The second-order valence-corrected chi connectivity index (χ2v) is 8.77. The third-order valence-electron chi connectivity index (χ3n) is 1.60. The molecule has 0 aliphatic carbocycles. The molecular weight excluding hydrogens is 277 g/mol. The van der Waals surface area contributed by atoms with Crippen LogP contribution in [0.15, 0.2) is 0 Å². The van der Waals surface area contributed by atoms with E-state index in [-0.39, 0.29) is 38.6 Å². The molecule has 0 amide bonds. The van der Waals surface area contributed by atoms with E-state index in [2.05, 4.69) is 31.5 Å². The Morgan fingerprint density at radius 2 is 1.54 bits per heavy atom. The molecule has 0 aromatic carbocycles. The SMILES string of the molecule is CCCCCC[N-][Si](C)(C)C.[Cl-].[Zr+2]. The molecule has 0 atom stereocenters. The fraction of sp³-hybridized carbons (Fsp3) is 1.00. The van der Waals surface area contributed by atoms with Crippen LogP contribution in [0.25, 0.3) is 4.98 Å². The Bertz CT molecular complexity index is 96.1. The van der Waals surface area contributed by atoms with Crippen LogP contribution >= 0.6 is 0 Å². The van der Waals surface area contributed by atoms with Crippen molar-refractivity contribution in [3.63, 3.8) is 0 Å². The van der Waals surface area contributed by atoms with Gasteiger partial charge in [-0.05, 0) is 0 Å². The van der Waals surface area contributed by atoms with Crippen LogP contribution in [-0.2, 0) is 26.2 Å². The third kappa shape index (κ3) is 19.7. The number of rotatable bonds is 6. The standard InChI is InChI=1S/C9H22NSi.ClH.Zr/c1-5-6-7-8-9-10-11(2,3)4;;/h5-9H2,1-4H3;1H;/q-1;;+2/p-1. The van der Waals surface area contributed by atoms with Crippen LogP contribution in [0.4, 0.5) is 0 Å². The van der Waals surface area contributed by atoms with Gasteiger partial charge in [-0.3, -0.25) is 0 Å². The molecule has 0 spiro atoms. The zero-order chi connectivity index (χ0) is 8.74. The normalized spacial score (nSPS) is 10.2. The second-order valence-electron chi connectivity index (χ2n) is 4.11. The van der Waals surface area contributed by atoms with Crippen LogP contribution in [0.2, 0.25) is 19.6 Å². The topological polar surface area (TPSA) is 14.1 Å². The maximum Gasteiger partial charge on any atom is 2.00 e. The Hall–Kier alpha value is 1.35. The minimum atomic E-state index is -1.09. The molecule has 0 bridgehead atoms. The molecule has 0 aromatic rings. The van der Waals surface area contributed by atoms with Gasteiger partial charge in [-0.15, -0.1) is 0 Å². The second kappa shape index (κ2) is 11.4. The summed E-state index contributed by atoms with van der Waals surface area (Å²) < 4.78 is 0. The largest absolute Gasteiger partial charge is 2.00 e. The van der Waals surface area contributed by atoms with Crippen molar-refractivity contribution in [3.8, 4) is 0 Å². The predicted molar refractivity (Wildman–Crippen MR) is 55.7 cm³/mol. The first kappa shape index (κ1) is 19.9. The fourth-order valence-corrected chi connectivity index (χ4v) is 1.78. The van der Waals surface area contributed by atoms with Gasteiger partial charge in [-0.1, -0.05) is 60.5 Å². The molecule has 0 radical (unpaired) electrons. The molecule has 0 aliphatic rings. The van der Waals surface area contributed by atoms with Gasteiger partial charge in [0.05, 0.1) is 0 Å². The van der Waals surface area contributed by atoms with Gasteiger partial charge in [0.25, 0.3) is 0 Å². The first-order valence-corrected chi connectivity index (χ1v) is 8.19. The third-order valence-corrected chi connectivity index (χ3v) is 2.77. The quantitative estimate of drug-likeness (QED) is 0.508. The number of hydrogen-bond donors (Lipinski definition) is 0. The van der Waals surface area contributed by atoms with E-state index in [0.717, 1.165) is 6.54 Å². The van der Waals surface area contributed by atoms with Crippen LogP contribution in [0, 0.1) is 0 Å². The van der Waals surface area contributed by atoms with E-state index in [4.69, 9.17) is 0 Å². The molecule has 0 unspecified atom stereocenters. The van der Waals surface area contributed by atoms with Gasteiger partial charge in [0.2, 0.25) is 0 Å². The molecule has 13 heavy (non-hydrogen) atoms. The maximum absolute atomic E-state index is 4.67. The van der Waals surface area contributed by atoms with Crippen LogP contribution < -0.4 is 12.4 Å². The summed E-state index contributed by atoms with van der Waals surface area (Å²) in [6.45, 7) is 10.2. The first-order valence-electron chi connectivity index (χ1n) is 4.75. The van der Waals surface area contributed by atoms with Gasteiger partial charge < -0.3 is 17.4 Å². The van der Waals surface area contributed by atoms with Gasteiger partial charge >= 0.3 is 26.2 Å². The Labute approximate surface area is 110 Å². The summed E-state index contributed by atoms with van der Waals surface area (Å²) in [6.07, 6.45) is 5.37. The molecule has 0 saturated heterocycles. The monoisotopic (exact) mass is 297 g/mol. The molecule has 0 heterocycles. The summed E-state index contributed by atoms with van der Waals surface area (Å²) in [5.41, 5.74) is 0. The van der Waals surface area contributed by atoms with E-state index in [0.29, 0.717) is 0 Å². The van der Waals surface area contributed by atoms with Crippen molar-refractivity contribution in [2.24, 2.45) is 0 Å². The summed E-state index contributed by atoms with van der Waals surface area (Å²) in [5, 5.41) is 0. The van der Waals surface area contributed by atoms with E-state index < -0.39 is 8.24 Å². The predicted octanol–water partition coefficient (Wildman–Crippen LogP) is 0.777. The van der Waals surface area contributed by atoms with Gasteiger partial charge in [0.1, 0.15) is 0 Å². The van der Waals surface area contributed by atoms with Crippen molar-refractivity contribution in [1.82, 2.24) is 0 Å². The van der Waals surface area contributed by atoms with Crippen molar-refractivity contribution in [2.75, 3.05) is 6.54 Å². The summed E-state index contributed by atoms with van der Waals surface area (Å²) in [5.74, 6) is 0. The van der Waals surface area contributed by atoms with E-state index in [1.165, 1.54) is 25.7 Å². The minimum absolute atomic E-state index is 0.